The minimum absolute atomic E-state index is 0.0515. The average Bonchev–Trinajstić information content (AvgIpc) is 3.16. The summed E-state index contributed by atoms with van der Waals surface area (Å²) in [5.74, 6) is 1.37. The zero-order chi connectivity index (χ0) is 17.3. The second-order valence-corrected chi connectivity index (χ2v) is 7.61. The van der Waals surface area contributed by atoms with Crippen molar-refractivity contribution in [3.63, 3.8) is 0 Å². The van der Waals surface area contributed by atoms with Crippen molar-refractivity contribution in [3.8, 4) is 0 Å². The van der Waals surface area contributed by atoms with E-state index in [0.717, 1.165) is 22.2 Å². The van der Waals surface area contributed by atoms with Gasteiger partial charge < -0.3 is 10.1 Å². The summed E-state index contributed by atoms with van der Waals surface area (Å²) in [6, 6.07) is 1.98. The van der Waals surface area contributed by atoms with E-state index in [2.05, 4.69) is 53.5 Å². The predicted molar refractivity (Wildman–Crippen MR) is 94.3 cm³/mol. The quantitative estimate of drug-likeness (QED) is 0.764. The van der Waals surface area contributed by atoms with E-state index < -0.39 is 0 Å². The van der Waals surface area contributed by atoms with Crippen molar-refractivity contribution in [2.75, 3.05) is 12.4 Å². The maximum absolute atomic E-state index is 5.18. The summed E-state index contributed by atoms with van der Waals surface area (Å²) in [5, 5.41) is 10.9. The second kappa shape index (κ2) is 6.45. The van der Waals surface area contributed by atoms with Gasteiger partial charge in [0.05, 0.1) is 24.0 Å². The molecule has 0 amide bonds. The molecule has 0 radical (unpaired) electrons. The van der Waals surface area contributed by atoms with Gasteiger partial charge in [-0.25, -0.2) is 9.97 Å². The molecule has 24 heavy (non-hydrogen) atoms. The van der Waals surface area contributed by atoms with Gasteiger partial charge in [0.2, 0.25) is 0 Å². The first-order valence-electron chi connectivity index (χ1n) is 7.79. The molecule has 1 N–H and O–H groups in total. The highest BCUT2D eigenvalue weighted by Gasteiger charge is 2.20. The van der Waals surface area contributed by atoms with Crippen molar-refractivity contribution in [1.29, 1.82) is 0 Å². The first-order valence-corrected chi connectivity index (χ1v) is 8.67. The van der Waals surface area contributed by atoms with Gasteiger partial charge in [0.15, 0.2) is 0 Å². The molecule has 8 heteroatoms. The molecule has 0 fully saturated rings. The molecule has 128 valence electrons. The molecule has 0 spiro atoms. The van der Waals surface area contributed by atoms with E-state index in [0.29, 0.717) is 12.4 Å². The number of ether oxygens (including phenoxy) is 1. The normalized spacial score (nSPS) is 13.4. The van der Waals surface area contributed by atoms with Gasteiger partial charge in [0.1, 0.15) is 17.2 Å². The van der Waals surface area contributed by atoms with E-state index in [1.807, 2.05) is 6.07 Å². The van der Waals surface area contributed by atoms with Crippen LogP contribution in [0, 0.1) is 0 Å². The molecule has 0 aliphatic carbocycles. The highest BCUT2D eigenvalue weighted by atomic mass is 32.1. The Morgan fingerprint density at radius 1 is 1.33 bits per heavy atom. The number of hydrogen-bond acceptors (Lipinski definition) is 7. The summed E-state index contributed by atoms with van der Waals surface area (Å²) >= 11 is 1.67. The maximum atomic E-state index is 5.18. The Labute approximate surface area is 145 Å². The highest BCUT2D eigenvalue weighted by Crippen LogP contribution is 2.28. The van der Waals surface area contributed by atoms with E-state index in [9.17, 15) is 0 Å². The van der Waals surface area contributed by atoms with Crippen molar-refractivity contribution in [2.45, 2.75) is 45.8 Å². The largest absolute Gasteiger partial charge is 0.378 e. The summed E-state index contributed by atoms with van der Waals surface area (Å²) in [7, 11) is 1.65. The van der Waals surface area contributed by atoms with Gasteiger partial charge in [-0.15, -0.1) is 11.3 Å². The van der Waals surface area contributed by atoms with Crippen LogP contribution in [0.3, 0.4) is 0 Å². The molecule has 0 saturated heterocycles. The van der Waals surface area contributed by atoms with Gasteiger partial charge in [-0.05, 0) is 6.92 Å². The van der Waals surface area contributed by atoms with Crippen molar-refractivity contribution in [1.82, 2.24) is 24.6 Å². The molecule has 3 rings (SSSR count). The molecule has 0 aliphatic rings. The summed E-state index contributed by atoms with van der Waals surface area (Å²) in [5.41, 5.74) is 1.97. The van der Waals surface area contributed by atoms with Crippen LogP contribution in [0.1, 0.15) is 50.1 Å². The molecular weight excluding hydrogens is 324 g/mol. The number of anilines is 1. The van der Waals surface area contributed by atoms with Crippen LogP contribution in [0.25, 0.3) is 5.78 Å². The lowest BCUT2D eigenvalue weighted by atomic mass is 9.93. The Hall–Kier alpha value is -2.06. The minimum atomic E-state index is 0.0515. The fourth-order valence-corrected chi connectivity index (χ4v) is 3.35. The van der Waals surface area contributed by atoms with Gasteiger partial charge in [-0.3, -0.25) is 0 Å². The molecule has 0 aromatic carbocycles. The van der Waals surface area contributed by atoms with E-state index in [1.165, 1.54) is 6.33 Å². The van der Waals surface area contributed by atoms with Crippen LogP contribution in [-0.2, 0) is 16.8 Å². The van der Waals surface area contributed by atoms with Crippen molar-refractivity contribution in [3.05, 3.63) is 34.2 Å². The van der Waals surface area contributed by atoms with E-state index >= 15 is 0 Å². The van der Waals surface area contributed by atoms with Crippen LogP contribution in [0.4, 0.5) is 5.82 Å². The Morgan fingerprint density at radius 3 is 2.79 bits per heavy atom. The van der Waals surface area contributed by atoms with Gasteiger partial charge in [0.25, 0.3) is 5.78 Å². The molecule has 0 bridgehead atoms. The Balaban J connectivity index is 1.88. The minimum Gasteiger partial charge on any atom is -0.378 e. The Morgan fingerprint density at radius 2 is 2.12 bits per heavy atom. The van der Waals surface area contributed by atoms with Crippen LogP contribution < -0.4 is 5.32 Å². The third-order valence-corrected chi connectivity index (χ3v) is 4.65. The smallest absolute Gasteiger partial charge is 0.254 e. The van der Waals surface area contributed by atoms with Crippen LogP contribution in [-0.4, -0.2) is 31.7 Å². The van der Waals surface area contributed by atoms with Crippen LogP contribution in [0.2, 0.25) is 0 Å². The van der Waals surface area contributed by atoms with Crippen LogP contribution in [0.5, 0.6) is 0 Å². The summed E-state index contributed by atoms with van der Waals surface area (Å²) in [6.45, 7) is 9.02. The number of thiazole rings is 1. The number of aromatic nitrogens is 5. The highest BCUT2D eigenvalue weighted by molar-refractivity contribution is 7.09. The monoisotopic (exact) mass is 346 g/mol. The number of rotatable bonds is 5. The Kier molecular flexibility index (Phi) is 4.51. The van der Waals surface area contributed by atoms with Gasteiger partial charge >= 0.3 is 0 Å². The zero-order valence-electron chi connectivity index (χ0n) is 14.6. The third-order valence-electron chi connectivity index (χ3n) is 3.62. The SMILES string of the molecule is COCc1cc(NC(C)c2nc(C(C)(C)C)cs2)n2ncnc2n1. The van der Waals surface area contributed by atoms with Gasteiger partial charge in [0, 0.05) is 24.0 Å². The molecule has 1 atom stereocenters. The molecule has 0 aliphatic heterocycles. The summed E-state index contributed by atoms with van der Waals surface area (Å²) in [4.78, 5) is 13.4. The molecule has 3 aromatic heterocycles. The fourth-order valence-electron chi connectivity index (χ4n) is 2.30. The standard InChI is InChI=1S/C16H22N6OS/c1-10(14-21-12(8-24-14)16(2,3)4)19-13-6-11(7-23-5)20-15-17-9-18-22(13)15/h6,8-10,19H,7H2,1-5H3. The van der Waals surface area contributed by atoms with Crippen molar-refractivity contribution < 1.29 is 4.74 Å². The fraction of sp³-hybridized carbons (Fsp3) is 0.500. The number of nitrogens with one attached hydrogen (secondary N) is 1. The molecular formula is C16H22N6OS. The lowest BCUT2D eigenvalue weighted by Gasteiger charge is -2.16. The van der Waals surface area contributed by atoms with Crippen LogP contribution >= 0.6 is 11.3 Å². The molecule has 0 saturated carbocycles. The average molecular weight is 346 g/mol. The topological polar surface area (TPSA) is 77.2 Å². The van der Waals surface area contributed by atoms with Gasteiger partial charge in [-0.2, -0.15) is 14.6 Å². The van der Waals surface area contributed by atoms with Crippen LogP contribution in [0.15, 0.2) is 17.8 Å². The maximum Gasteiger partial charge on any atom is 0.254 e. The second-order valence-electron chi connectivity index (χ2n) is 6.72. The summed E-state index contributed by atoms with van der Waals surface area (Å²) < 4.78 is 6.87. The Bertz CT molecular complexity index is 835. The van der Waals surface area contributed by atoms with Crippen molar-refractivity contribution >= 4 is 22.9 Å². The van der Waals surface area contributed by atoms with E-state index in [1.54, 1.807) is 23.0 Å². The first-order chi connectivity index (χ1) is 11.4. The zero-order valence-corrected chi connectivity index (χ0v) is 15.4. The predicted octanol–water partition coefficient (Wildman–Crippen LogP) is 3.20. The number of nitrogens with zero attached hydrogens (tertiary/aromatic N) is 5. The number of fused-ring (bicyclic) bond motifs is 1. The summed E-state index contributed by atoms with van der Waals surface area (Å²) in [6.07, 6.45) is 1.50. The molecule has 3 aromatic rings. The van der Waals surface area contributed by atoms with E-state index in [4.69, 9.17) is 9.72 Å². The lowest BCUT2D eigenvalue weighted by Crippen LogP contribution is -2.14. The molecule has 3 heterocycles. The molecule has 7 nitrogen and oxygen atoms in total. The number of hydrogen-bond donors (Lipinski definition) is 1. The van der Waals surface area contributed by atoms with E-state index in [-0.39, 0.29) is 11.5 Å². The first kappa shape index (κ1) is 16.8. The lowest BCUT2D eigenvalue weighted by molar-refractivity contribution is 0.181. The van der Waals surface area contributed by atoms with Crippen molar-refractivity contribution in [2.24, 2.45) is 0 Å². The third kappa shape index (κ3) is 3.39. The number of methoxy groups -OCH3 is 1. The van der Waals surface area contributed by atoms with Gasteiger partial charge in [-0.1, -0.05) is 20.8 Å². The molecule has 1 unspecified atom stereocenters.